The van der Waals surface area contributed by atoms with Gasteiger partial charge in [0.25, 0.3) is 5.91 Å². The molecule has 2 saturated heterocycles. The average Bonchev–Trinajstić information content (AvgIpc) is 2.71. The van der Waals surface area contributed by atoms with E-state index < -0.39 is 0 Å². The maximum atomic E-state index is 14.0. The first-order valence-corrected chi connectivity index (χ1v) is 10.5. The second-order valence-electron chi connectivity index (χ2n) is 7.14. The Hall–Kier alpha value is -2.31. The van der Waals surface area contributed by atoms with Crippen molar-refractivity contribution in [3.8, 4) is 0 Å². The molecule has 0 bridgehead atoms. The zero-order valence-corrected chi connectivity index (χ0v) is 16.8. The number of carbonyl (C=O) groups excluding carboxylic acids is 1. The summed E-state index contributed by atoms with van der Waals surface area (Å²) in [5, 5.41) is 0. The number of hydrogen-bond donors (Lipinski definition) is 0. The molecule has 0 spiro atoms. The first-order chi connectivity index (χ1) is 13.6. The van der Waals surface area contributed by atoms with Crippen LogP contribution in [0.3, 0.4) is 0 Å². The molecule has 0 aromatic heterocycles. The van der Waals surface area contributed by atoms with Gasteiger partial charge in [0.2, 0.25) is 0 Å². The minimum Gasteiger partial charge on any atom is -0.368 e. The van der Waals surface area contributed by atoms with E-state index in [-0.39, 0.29) is 11.7 Å². The van der Waals surface area contributed by atoms with Crippen LogP contribution in [-0.4, -0.2) is 56.3 Å². The smallest absolute Gasteiger partial charge is 0.264 e. The standard InChI is InChI=1S/C22H24FN3OS/c1-24-9-11-25(12-10-24)20-8-7-18(23)15-17(20)16-21-22(27)26(13-14-28-21)19-5-3-2-4-6-19/h2-8,15-16H,9-14H2,1H3/b21-16-. The largest absolute Gasteiger partial charge is 0.368 e. The van der Waals surface area contributed by atoms with Gasteiger partial charge in [-0.2, -0.15) is 0 Å². The quantitative estimate of drug-likeness (QED) is 0.738. The summed E-state index contributed by atoms with van der Waals surface area (Å²) in [6.07, 6.45) is 1.86. The van der Waals surface area contributed by atoms with Crippen molar-refractivity contribution in [1.29, 1.82) is 0 Å². The summed E-state index contributed by atoms with van der Waals surface area (Å²) in [6, 6.07) is 14.6. The highest BCUT2D eigenvalue weighted by Crippen LogP contribution is 2.32. The third kappa shape index (κ3) is 4.08. The van der Waals surface area contributed by atoms with Gasteiger partial charge in [-0.05, 0) is 43.5 Å². The van der Waals surface area contributed by atoms with Crippen LogP contribution < -0.4 is 9.80 Å². The lowest BCUT2D eigenvalue weighted by molar-refractivity contribution is -0.114. The molecular weight excluding hydrogens is 373 g/mol. The van der Waals surface area contributed by atoms with Gasteiger partial charge in [0.15, 0.2) is 0 Å². The number of thioether (sulfide) groups is 1. The van der Waals surface area contributed by atoms with Crippen LogP contribution in [0.15, 0.2) is 53.4 Å². The normalized spacial score (nSPS) is 20.1. The second kappa shape index (κ2) is 8.37. The maximum absolute atomic E-state index is 14.0. The van der Waals surface area contributed by atoms with Crippen molar-refractivity contribution < 1.29 is 9.18 Å². The summed E-state index contributed by atoms with van der Waals surface area (Å²) in [4.78, 5) is 20.1. The van der Waals surface area contributed by atoms with Crippen molar-refractivity contribution >= 4 is 35.1 Å². The summed E-state index contributed by atoms with van der Waals surface area (Å²) < 4.78 is 14.0. The number of rotatable bonds is 3. The number of likely N-dealkylation sites (N-methyl/N-ethyl adjacent to an activating group) is 1. The molecule has 0 saturated carbocycles. The number of carbonyl (C=O) groups is 1. The molecular formula is C22H24FN3OS. The number of halogens is 1. The molecule has 2 aromatic carbocycles. The predicted octanol–water partition coefficient (Wildman–Crippen LogP) is 3.70. The highest BCUT2D eigenvalue weighted by atomic mass is 32.2. The Morgan fingerprint density at radius 3 is 2.50 bits per heavy atom. The fourth-order valence-electron chi connectivity index (χ4n) is 3.62. The van der Waals surface area contributed by atoms with Crippen molar-refractivity contribution in [1.82, 2.24) is 4.90 Å². The molecule has 2 aliphatic rings. The highest BCUT2D eigenvalue weighted by Gasteiger charge is 2.26. The average molecular weight is 398 g/mol. The molecule has 0 N–H and O–H groups in total. The van der Waals surface area contributed by atoms with E-state index in [4.69, 9.17) is 0 Å². The Bertz CT molecular complexity index is 879. The molecule has 0 atom stereocenters. The van der Waals surface area contributed by atoms with E-state index >= 15 is 0 Å². The van der Waals surface area contributed by atoms with Gasteiger partial charge in [-0.3, -0.25) is 4.79 Å². The minimum atomic E-state index is -0.280. The van der Waals surface area contributed by atoms with E-state index in [0.29, 0.717) is 11.4 Å². The van der Waals surface area contributed by atoms with Crippen LogP contribution in [0.1, 0.15) is 5.56 Å². The highest BCUT2D eigenvalue weighted by molar-refractivity contribution is 8.04. The Labute approximate surface area is 169 Å². The molecule has 2 fully saturated rings. The van der Waals surface area contributed by atoms with Crippen molar-refractivity contribution in [3.63, 3.8) is 0 Å². The number of hydrogen-bond acceptors (Lipinski definition) is 4. The van der Waals surface area contributed by atoms with Gasteiger partial charge < -0.3 is 14.7 Å². The number of para-hydroxylation sites is 1. The second-order valence-corrected chi connectivity index (χ2v) is 8.28. The van der Waals surface area contributed by atoms with Crippen LogP contribution in [0.5, 0.6) is 0 Å². The summed E-state index contributed by atoms with van der Waals surface area (Å²) in [7, 11) is 2.11. The van der Waals surface area contributed by atoms with Crippen LogP contribution in [-0.2, 0) is 4.79 Å². The van der Waals surface area contributed by atoms with Gasteiger partial charge in [0.05, 0.1) is 4.91 Å². The van der Waals surface area contributed by atoms with Crippen LogP contribution in [0, 0.1) is 5.82 Å². The number of benzene rings is 2. The molecule has 0 radical (unpaired) electrons. The van der Waals surface area contributed by atoms with E-state index in [9.17, 15) is 9.18 Å². The van der Waals surface area contributed by atoms with E-state index in [1.54, 1.807) is 16.7 Å². The third-order valence-corrected chi connectivity index (χ3v) is 6.21. The summed E-state index contributed by atoms with van der Waals surface area (Å²) >= 11 is 1.55. The summed E-state index contributed by atoms with van der Waals surface area (Å²) in [6.45, 7) is 4.43. The molecule has 0 aliphatic carbocycles. The van der Waals surface area contributed by atoms with E-state index in [1.165, 1.54) is 12.1 Å². The number of anilines is 2. The Morgan fingerprint density at radius 2 is 1.75 bits per heavy atom. The van der Waals surface area contributed by atoms with Crippen molar-refractivity contribution in [2.24, 2.45) is 0 Å². The third-order valence-electron chi connectivity index (χ3n) is 5.22. The molecule has 4 nitrogen and oxygen atoms in total. The lowest BCUT2D eigenvalue weighted by Crippen LogP contribution is -2.44. The van der Waals surface area contributed by atoms with Gasteiger partial charge >= 0.3 is 0 Å². The Balaban J connectivity index is 1.64. The molecule has 1 amide bonds. The molecule has 2 heterocycles. The molecule has 2 aliphatic heterocycles. The fraction of sp³-hybridized carbons (Fsp3) is 0.318. The van der Waals surface area contributed by atoms with Crippen LogP contribution >= 0.6 is 11.8 Å². The van der Waals surface area contributed by atoms with Crippen molar-refractivity contribution in [2.45, 2.75) is 0 Å². The summed E-state index contributed by atoms with van der Waals surface area (Å²) in [5.41, 5.74) is 2.67. The molecule has 2 aromatic rings. The first-order valence-electron chi connectivity index (χ1n) is 9.56. The first kappa shape index (κ1) is 19.0. The van der Waals surface area contributed by atoms with Crippen LogP contribution in [0.25, 0.3) is 6.08 Å². The van der Waals surface area contributed by atoms with Crippen LogP contribution in [0.4, 0.5) is 15.8 Å². The van der Waals surface area contributed by atoms with E-state index in [1.807, 2.05) is 42.5 Å². The zero-order chi connectivity index (χ0) is 19.5. The van der Waals surface area contributed by atoms with Gasteiger partial charge in [0.1, 0.15) is 5.82 Å². The predicted molar refractivity (Wildman–Crippen MR) is 115 cm³/mol. The number of nitrogens with zero attached hydrogens (tertiary/aromatic N) is 3. The molecule has 28 heavy (non-hydrogen) atoms. The lowest BCUT2D eigenvalue weighted by atomic mass is 10.1. The van der Waals surface area contributed by atoms with Crippen molar-refractivity contribution in [2.75, 3.05) is 55.3 Å². The summed E-state index contributed by atoms with van der Waals surface area (Å²) in [5.74, 6) is 0.528. The van der Waals surface area contributed by atoms with E-state index in [0.717, 1.165) is 48.9 Å². The van der Waals surface area contributed by atoms with Crippen molar-refractivity contribution in [3.05, 3.63) is 64.8 Å². The number of amides is 1. The fourth-order valence-corrected chi connectivity index (χ4v) is 4.56. The molecule has 6 heteroatoms. The van der Waals surface area contributed by atoms with Crippen LogP contribution in [0.2, 0.25) is 0 Å². The van der Waals surface area contributed by atoms with Gasteiger partial charge in [-0.1, -0.05) is 18.2 Å². The molecule has 146 valence electrons. The minimum absolute atomic E-state index is 0.0176. The van der Waals surface area contributed by atoms with Gasteiger partial charge in [-0.25, -0.2) is 4.39 Å². The van der Waals surface area contributed by atoms with Gasteiger partial charge in [0, 0.05) is 55.4 Å². The topological polar surface area (TPSA) is 26.8 Å². The SMILES string of the molecule is CN1CCN(c2ccc(F)cc2/C=C2\SCCN(c3ccccc3)C2=O)CC1. The maximum Gasteiger partial charge on any atom is 0.264 e. The monoisotopic (exact) mass is 397 g/mol. The molecule has 4 rings (SSSR count). The number of piperazine rings is 1. The Kier molecular flexibility index (Phi) is 5.69. The molecule has 0 unspecified atom stereocenters. The zero-order valence-electron chi connectivity index (χ0n) is 16.0. The Morgan fingerprint density at radius 1 is 1.00 bits per heavy atom. The van der Waals surface area contributed by atoms with E-state index in [2.05, 4.69) is 16.8 Å². The van der Waals surface area contributed by atoms with Gasteiger partial charge in [-0.15, -0.1) is 11.8 Å². The lowest BCUT2D eigenvalue weighted by Gasteiger charge is -2.35.